The van der Waals surface area contributed by atoms with Crippen molar-refractivity contribution < 1.29 is 19.1 Å². The van der Waals surface area contributed by atoms with Gasteiger partial charge in [0, 0.05) is 11.8 Å². The van der Waals surface area contributed by atoms with E-state index in [9.17, 15) is 14.4 Å². The molecule has 3 aliphatic carbocycles. The van der Waals surface area contributed by atoms with E-state index in [1.165, 1.54) is 4.90 Å². The lowest BCUT2D eigenvalue weighted by molar-refractivity contribution is -0.162. The maximum absolute atomic E-state index is 13.9. The Labute approximate surface area is 188 Å². The molecule has 2 aromatic rings. The highest BCUT2D eigenvalue weighted by atomic mass is 16.5. The summed E-state index contributed by atoms with van der Waals surface area (Å²) in [6.45, 7) is 5.61. The van der Waals surface area contributed by atoms with Crippen LogP contribution in [-0.2, 0) is 19.1 Å². The van der Waals surface area contributed by atoms with Crippen LogP contribution in [-0.4, -0.2) is 34.8 Å². The average Bonchev–Trinajstić information content (AvgIpc) is 3.05. The van der Waals surface area contributed by atoms with Crippen LogP contribution in [0.1, 0.15) is 74.1 Å². The van der Waals surface area contributed by atoms with Crippen molar-refractivity contribution in [1.82, 2.24) is 4.90 Å². The van der Waals surface area contributed by atoms with Gasteiger partial charge in [0.15, 0.2) is 0 Å². The first kappa shape index (κ1) is 20.9. The Hall–Kier alpha value is -2.95. The highest BCUT2D eigenvalue weighted by molar-refractivity contribution is 6.10. The molecule has 1 fully saturated rings. The molecule has 1 heterocycles. The zero-order chi connectivity index (χ0) is 22.6. The Morgan fingerprint density at radius 2 is 1.31 bits per heavy atom. The van der Waals surface area contributed by atoms with Crippen molar-refractivity contribution in [2.45, 2.75) is 64.0 Å². The van der Waals surface area contributed by atoms with Crippen LogP contribution in [0.3, 0.4) is 0 Å². The summed E-state index contributed by atoms with van der Waals surface area (Å²) < 4.78 is 5.48. The minimum absolute atomic E-state index is 0.160. The topological polar surface area (TPSA) is 63.7 Å². The van der Waals surface area contributed by atoms with Gasteiger partial charge >= 0.3 is 5.97 Å². The number of imide groups is 1. The molecule has 2 bridgehead atoms. The molecule has 2 aromatic carbocycles. The van der Waals surface area contributed by atoms with Gasteiger partial charge in [-0.25, -0.2) is 4.79 Å². The van der Waals surface area contributed by atoms with Crippen molar-refractivity contribution >= 4 is 17.8 Å². The summed E-state index contributed by atoms with van der Waals surface area (Å²) in [6, 6.07) is 15.5. The molecular weight excluding hydrogens is 402 g/mol. The van der Waals surface area contributed by atoms with Gasteiger partial charge in [-0.2, -0.15) is 0 Å². The summed E-state index contributed by atoms with van der Waals surface area (Å²) in [5.74, 6) is -2.17. The zero-order valence-electron chi connectivity index (χ0n) is 18.8. The molecule has 3 atom stereocenters. The van der Waals surface area contributed by atoms with E-state index in [1.54, 1.807) is 13.8 Å². The van der Waals surface area contributed by atoms with Gasteiger partial charge in [-0.15, -0.1) is 0 Å². The first-order chi connectivity index (χ1) is 15.5. The van der Waals surface area contributed by atoms with Crippen molar-refractivity contribution in [3.05, 3.63) is 70.8 Å². The molecule has 0 N–H and O–H groups in total. The van der Waals surface area contributed by atoms with Gasteiger partial charge in [0.1, 0.15) is 6.04 Å². The summed E-state index contributed by atoms with van der Waals surface area (Å²) in [6.07, 6.45) is 1.76. The van der Waals surface area contributed by atoms with Crippen LogP contribution in [0, 0.1) is 11.8 Å². The number of benzene rings is 2. The average molecular weight is 432 g/mol. The normalized spacial score (nSPS) is 26.1. The molecule has 4 aliphatic rings. The second kappa shape index (κ2) is 7.88. The maximum atomic E-state index is 13.9. The molecule has 0 radical (unpaired) electrons. The van der Waals surface area contributed by atoms with Gasteiger partial charge in [0.25, 0.3) is 0 Å². The Morgan fingerprint density at radius 3 is 1.69 bits per heavy atom. The molecule has 1 saturated heterocycles. The Balaban J connectivity index is 1.60. The third kappa shape index (κ3) is 2.94. The first-order valence-electron chi connectivity index (χ1n) is 11.7. The van der Waals surface area contributed by atoms with E-state index in [0.29, 0.717) is 6.42 Å². The summed E-state index contributed by atoms with van der Waals surface area (Å²) in [4.78, 5) is 42.0. The standard InChI is InChI=1S/C27H29NO4/c1-4-5-14-20(27(31)32-15(2)3)28-25(29)23-21-16-10-6-7-11-17(16)22(24(23)26(28)30)19-13-9-8-12-18(19)21/h6-13,15,20-24H,4-5,14H2,1-3H3. The number of hydrogen-bond acceptors (Lipinski definition) is 4. The summed E-state index contributed by atoms with van der Waals surface area (Å²) in [5.41, 5.74) is 4.54. The lowest BCUT2D eigenvalue weighted by atomic mass is 9.55. The van der Waals surface area contributed by atoms with E-state index in [-0.39, 0.29) is 29.8 Å². The third-order valence-electron chi connectivity index (χ3n) is 7.25. The monoisotopic (exact) mass is 431 g/mol. The number of carbonyl (C=O) groups is 3. The van der Waals surface area contributed by atoms with Gasteiger partial charge in [0.05, 0.1) is 17.9 Å². The number of carbonyl (C=O) groups excluding carboxylic acids is 3. The van der Waals surface area contributed by atoms with Gasteiger partial charge in [-0.1, -0.05) is 68.3 Å². The second-order valence-electron chi connectivity index (χ2n) is 9.45. The summed E-state index contributed by atoms with van der Waals surface area (Å²) >= 11 is 0. The lowest BCUT2D eigenvalue weighted by Gasteiger charge is -2.45. The molecule has 1 aliphatic heterocycles. The van der Waals surface area contributed by atoms with E-state index in [0.717, 1.165) is 35.1 Å². The van der Waals surface area contributed by atoms with Crippen LogP contribution >= 0.6 is 0 Å². The van der Waals surface area contributed by atoms with E-state index < -0.39 is 23.8 Å². The fourth-order valence-corrected chi connectivity index (χ4v) is 6.07. The Bertz CT molecular complexity index is 975. The van der Waals surface area contributed by atoms with Crippen molar-refractivity contribution in [2.75, 3.05) is 0 Å². The number of nitrogens with zero attached hydrogens (tertiary/aromatic N) is 1. The number of likely N-dealkylation sites (tertiary alicyclic amines) is 1. The van der Waals surface area contributed by atoms with E-state index in [1.807, 2.05) is 31.2 Å². The predicted molar refractivity (Wildman–Crippen MR) is 120 cm³/mol. The van der Waals surface area contributed by atoms with Crippen LogP contribution in [0.2, 0.25) is 0 Å². The Kier molecular flexibility index (Phi) is 5.15. The molecule has 166 valence electrons. The SMILES string of the molecule is CCCCC(C(=O)OC(C)C)N1C(=O)C2C3c4ccccc4C(c4ccccc43)C2C1=O. The number of rotatable bonds is 6. The number of amides is 2. The maximum Gasteiger partial charge on any atom is 0.329 e. The number of hydrogen-bond donors (Lipinski definition) is 0. The van der Waals surface area contributed by atoms with Crippen molar-refractivity contribution in [3.63, 3.8) is 0 Å². The van der Waals surface area contributed by atoms with Gasteiger partial charge < -0.3 is 4.74 Å². The number of unbranched alkanes of at least 4 members (excludes halogenated alkanes) is 1. The molecule has 5 heteroatoms. The van der Waals surface area contributed by atoms with Crippen LogP contribution in [0.25, 0.3) is 0 Å². The molecule has 0 aromatic heterocycles. The highest BCUT2D eigenvalue weighted by Crippen LogP contribution is 2.61. The van der Waals surface area contributed by atoms with Crippen molar-refractivity contribution in [3.8, 4) is 0 Å². The third-order valence-corrected chi connectivity index (χ3v) is 7.25. The van der Waals surface area contributed by atoms with Crippen LogP contribution in [0.15, 0.2) is 48.5 Å². The fourth-order valence-electron chi connectivity index (χ4n) is 6.07. The van der Waals surface area contributed by atoms with Gasteiger partial charge in [-0.3, -0.25) is 14.5 Å². The minimum Gasteiger partial charge on any atom is -0.461 e. The van der Waals surface area contributed by atoms with E-state index in [4.69, 9.17) is 4.74 Å². The van der Waals surface area contributed by atoms with Gasteiger partial charge in [-0.05, 0) is 42.5 Å². The number of esters is 1. The Morgan fingerprint density at radius 1 is 0.875 bits per heavy atom. The summed E-state index contributed by atoms with van der Waals surface area (Å²) in [5, 5.41) is 0. The van der Waals surface area contributed by atoms with Gasteiger partial charge in [0.2, 0.25) is 11.8 Å². The van der Waals surface area contributed by atoms with Crippen molar-refractivity contribution in [1.29, 1.82) is 0 Å². The first-order valence-corrected chi connectivity index (χ1v) is 11.7. The molecule has 5 nitrogen and oxygen atoms in total. The quantitative estimate of drug-likeness (QED) is 0.503. The lowest BCUT2D eigenvalue weighted by Crippen LogP contribution is -2.47. The van der Waals surface area contributed by atoms with Crippen LogP contribution in [0.5, 0.6) is 0 Å². The number of ether oxygens (including phenoxy) is 1. The smallest absolute Gasteiger partial charge is 0.329 e. The fraction of sp³-hybridized carbons (Fsp3) is 0.444. The van der Waals surface area contributed by atoms with Crippen LogP contribution in [0.4, 0.5) is 0 Å². The van der Waals surface area contributed by atoms with E-state index in [2.05, 4.69) is 24.3 Å². The molecule has 0 spiro atoms. The molecule has 3 unspecified atom stereocenters. The zero-order valence-corrected chi connectivity index (χ0v) is 18.8. The summed E-state index contributed by atoms with van der Waals surface area (Å²) in [7, 11) is 0. The van der Waals surface area contributed by atoms with Crippen LogP contribution < -0.4 is 0 Å². The predicted octanol–water partition coefficient (Wildman–Crippen LogP) is 4.39. The molecule has 6 rings (SSSR count). The van der Waals surface area contributed by atoms with Crippen molar-refractivity contribution in [2.24, 2.45) is 11.8 Å². The minimum atomic E-state index is -0.853. The van der Waals surface area contributed by atoms with E-state index >= 15 is 0 Å². The highest BCUT2D eigenvalue weighted by Gasteiger charge is 2.63. The second-order valence-corrected chi connectivity index (χ2v) is 9.45. The molecular formula is C27H29NO4. The molecule has 32 heavy (non-hydrogen) atoms. The molecule has 2 amide bonds. The molecule has 0 saturated carbocycles. The largest absolute Gasteiger partial charge is 0.461 e.